The molecule has 0 amide bonds. The molecule has 0 unspecified atom stereocenters. The van der Waals surface area contributed by atoms with Crippen LogP contribution in [0.1, 0.15) is 0 Å². The highest BCUT2D eigenvalue weighted by Gasteiger charge is 2.11. The predicted molar refractivity (Wildman–Crippen MR) is 86.7 cm³/mol. The van der Waals surface area contributed by atoms with E-state index in [1.54, 1.807) is 38.5 Å². The van der Waals surface area contributed by atoms with Gasteiger partial charge in [-0.15, -0.1) is 0 Å². The van der Waals surface area contributed by atoms with Gasteiger partial charge >= 0.3 is 0 Å². The van der Waals surface area contributed by atoms with E-state index < -0.39 is 0 Å². The molecule has 3 N–H and O–H groups in total. The Labute approximate surface area is 132 Å². The second-order valence-corrected chi connectivity index (χ2v) is 4.79. The SMILES string of the molecule is COc1cc2nc(Nc3ccc(F)cc3)nc(N)c2cc1OC. The summed E-state index contributed by atoms with van der Waals surface area (Å²) in [4.78, 5) is 8.62. The van der Waals surface area contributed by atoms with Crippen molar-refractivity contribution in [3.63, 3.8) is 0 Å². The van der Waals surface area contributed by atoms with Crippen LogP contribution < -0.4 is 20.5 Å². The van der Waals surface area contributed by atoms with Gasteiger partial charge in [-0.3, -0.25) is 0 Å². The van der Waals surface area contributed by atoms with Gasteiger partial charge in [0, 0.05) is 17.1 Å². The third-order valence-corrected chi connectivity index (χ3v) is 3.33. The number of anilines is 3. The molecule has 0 aliphatic rings. The first kappa shape index (κ1) is 14.8. The van der Waals surface area contributed by atoms with E-state index in [1.165, 1.54) is 12.1 Å². The molecule has 1 aromatic heterocycles. The predicted octanol–water partition coefficient (Wildman–Crippen LogP) is 3.11. The molecule has 0 radical (unpaired) electrons. The number of benzene rings is 2. The number of halogens is 1. The summed E-state index contributed by atoms with van der Waals surface area (Å²) in [5.41, 5.74) is 7.27. The Hall–Kier alpha value is -3.09. The van der Waals surface area contributed by atoms with E-state index in [-0.39, 0.29) is 5.82 Å². The van der Waals surface area contributed by atoms with E-state index in [4.69, 9.17) is 15.2 Å². The van der Waals surface area contributed by atoms with Crippen molar-refractivity contribution in [3.05, 3.63) is 42.2 Å². The zero-order chi connectivity index (χ0) is 16.4. The topological polar surface area (TPSA) is 82.3 Å². The van der Waals surface area contributed by atoms with Crippen molar-refractivity contribution < 1.29 is 13.9 Å². The van der Waals surface area contributed by atoms with Gasteiger partial charge in [0.05, 0.1) is 19.7 Å². The molecule has 0 aliphatic heterocycles. The van der Waals surface area contributed by atoms with Gasteiger partial charge in [-0.2, -0.15) is 4.98 Å². The van der Waals surface area contributed by atoms with Crippen molar-refractivity contribution in [3.8, 4) is 11.5 Å². The quantitative estimate of drug-likeness (QED) is 0.770. The molecule has 0 saturated carbocycles. The number of hydrogen-bond acceptors (Lipinski definition) is 6. The first-order valence-corrected chi connectivity index (χ1v) is 6.82. The normalized spacial score (nSPS) is 10.6. The van der Waals surface area contributed by atoms with Crippen LogP contribution in [0.25, 0.3) is 10.9 Å². The molecule has 6 nitrogen and oxygen atoms in total. The van der Waals surface area contributed by atoms with Crippen LogP contribution in [0.5, 0.6) is 11.5 Å². The summed E-state index contributed by atoms with van der Waals surface area (Å²) in [6, 6.07) is 9.33. The molecule has 23 heavy (non-hydrogen) atoms. The van der Waals surface area contributed by atoms with Gasteiger partial charge in [-0.05, 0) is 30.3 Å². The Balaban J connectivity index is 2.04. The van der Waals surface area contributed by atoms with Gasteiger partial charge < -0.3 is 20.5 Å². The molecule has 0 aliphatic carbocycles. The maximum atomic E-state index is 12.9. The standard InChI is InChI=1S/C16H15FN4O2/c1-22-13-7-11-12(8-14(13)23-2)20-16(21-15(11)18)19-10-5-3-9(17)4-6-10/h3-8H,1-2H3,(H3,18,19,20,21). The average molecular weight is 314 g/mol. The maximum Gasteiger partial charge on any atom is 0.229 e. The van der Waals surface area contributed by atoms with E-state index in [0.717, 1.165) is 0 Å². The molecule has 3 aromatic rings. The molecule has 118 valence electrons. The highest BCUT2D eigenvalue weighted by Crippen LogP contribution is 2.33. The Morgan fingerprint density at radius 1 is 1.00 bits per heavy atom. The van der Waals surface area contributed by atoms with Gasteiger partial charge in [0.2, 0.25) is 5.95 Å². The van der Waals surface area contributed by atoms with Crippen LogP contribution in [0.15, 0.2) is 36.4 Å². The minimum Gasteiger partial charge on any atom is -0.493 e. The minimum atomic E-state index is -0.314. The Kier molecular flexibility index (Phi) is 3.84. The zero-order valence-corrected chi connectivity index (χ0v) is 12.6. The van der Waals surface area contributed by atoms with Crippen molar-refractivity contribution in [2.75, 3.05) is 25.3 Å². The number of nitrogens with one attached hydrogen (secondary N) is 1. The van der Waals surface area contributed by atoms with Gasteiger partial charge in [-0.1, -0.05) is 0 Å². The molecular weight excluding hydrogens is 299 g/mol. The van der Waals surface area contributed by atoms with Crippen LogP contribution in [0.4, 0.5) is 21.8 Å². The fourth-order valence-corrected chi connectivity index (χ4v) is 2.20. The molecule has 2 aromatic carbocycles. The fourth-order valence-electron chi connectivity index (χ4n) is 2.20. The number of ether oxygens (including phenoxy) is 2. The second kappa shape index (κ2) is 5.96. The van der Waals surface area contributed by atoms with E-state index in [9.17, 15) is 4.39 Å². The van der Waals surface area contributed by atoms with Crippen molar-refractivity contribution in [2.45, 2.75) is 0 Å². The Morgan fingerprint density at radius 2 is 1.65 bits per heavy atom. The number of methoxy groups -OCH3 is 2. The number of rotatable bonds is 4. The van der Waals surface area contributed by atoms with Crippen molar-refractivity contribution in [1.82, 2.24) is 9.97 Å². The number of aromatic nitrogens is 2. The molecular formula is C16H15FN4O2. The highest BCUT2D eigenvalue weighted by molar-refractivity contribution is 5.92. The molecule has 1 heterocycles. The molecule has 7 heteroatoms. The lowest BCUT2D eigenvalue weighted by atomic mass is 10.2. The summed E-state index contributed by atoms with van der Waals surface area (Å²) < 4.78 is 23.5. The number of fused-ring (bicyclic) bond motifs is 1. The van der Waals surface area contributed by atoms with E-state index in [1.807, 2.05) is 0 Å². The lowest BCUT2D eigenvalue weighted by Crippen LogP contribution is -2.02. The van der Waals surface area contributed by atoms with E-state index in [0.29, 0.717) is 39.9 Å². The molecule has 3 rings (SSSR count). The average Bonchev–Trinajstić information content (AvgIpc) is 2.56. The highest BCUT2D eigenvalue weighted by atomic mass is 19.1. The number of hydrogen-bond donors (Lipinski definition) is 2. The first-order chi connectivity index (χ1) is 11.1. The molecule has 0 bridgehead atoms. The lowest BCUT2D eigenvalue weighted by Gasteiger charge is -2.11. The zero-order valence-electron chi connectivity index (χ0n) is 12.6. The van der Waals surface area contributed by atoms with Gasteiger partial charge in [-0.25, -0.2) is 9.37 Å². The Morgan fingerprint density at radius 3 is 2.30 bits per heavy atom. The van der Waals surface area contributed by atoms with Crippen LogP contribution in [-0.4, -0.2) is 24.2 Å². The van der Waals surface area contributed by atoms with E-state index in [2.05, 4.69) is 15.3 Å². The lowest BCUT2D eigenvalue weighted by molar-refractivity contribution is 0.356. The second-order valence-electron chi connectivity index (χ2n) is 4.79. The number of nitrogens with two attached hydrogens (primary N) is 1. The summed E-state index contributed by atoms with van der Waals surface area (Å²) in [5, 5.41) is 3.65. The first-order valence-electron chi connectivity index (χ1n) is 6.82. The van der Waals surface area contributed by atoms with Crippen molar-refractivity contribution in [2.24, 2.45) is 0 Å². The fraction of sp³-hybridized carbons (Fsp3) is 0.125. The third kappa shape index (κ3) is 2.94. The summed E-state index contributed by atoms with van der Waals surface area (Å²) in [7, 11) is 3.09. The van der Waals surface area contributed by atoms with Crippen LogP contribution >= 0.6 is 0 Å². The van der Waals surface area contributed by atoms with E-state index >= 15 is 0 Å². The summed E-state index contributed by atoms with van der Waals surface area (Å²) in [6.45, 7) is 0. The van der Waals surface area contributed by atoms with Gasteiger partial charge in [0.25, 0.3) is 0 Å². The van der Waals surface area contributed by atoms with Crippen LogP contribution in [-0.2, 0) is 0 Å². The molecule has 0 fully saturated rings. The van der Waals surface area contributed by atoms with Crippen LogP contribution in [0.2, 0.25) is 0 Å². The third-order valence-electron chi connectivity index (χ3n) is 3.33. The summed E-state index contributed by atoms with van der Waals surface area (Å²) in [5.74, 6) is 1.40. The minimum absolute atomic E-state index is 0.306. The monoisotopic (exact) mass is 314 g/mol. The van der Waals surface area contributed by atoms with Gasteiger partial charge in [0.15, 0.2) is 11.5 Å². The van der Waals surface area contributed by atoms with Crippen LogP contribution in [0, 0.1) is 5.82 Å². The smallest absolute Gasteiger partial charge is 0.229 e. The van der Waals surface area contributed by atoms with Gasteiger partial charge in [0.1, 0.15) is 11.6 Å². The maximum absolute atomic E-state index is 12.9. The van der Waals surface area contributed by atoms with Crippen LogP contribution in [0.3, 0.4) is 0 Å². The largest absolute Gasteiger partial charge is 0.493 e. The molecule has 0 atom stereocenters. The van der Waals surface area contributed by atoms with Crippen molar-refractivity contribution in [1.29, 1.82) is 0 Å². The summed E-state index contributed by atoms with van der Waals surface area (Å²) >= 11 is 0. The summed E-state index contributed by atoms with van der Waals surface area (Å²) in [6.07, 6.45) is 0. The number of nitrogen functional groups attached to an aromatic ring is 1. The molecule has 0 saturated heterocycles. The Bertz CT molecular complexity index is 853. The number of nitrogens with zero attached hydrogens (tertiary/aromatic N) is 2. The van der Waals surface area contributed by atoms with Crippen molar-refractivity contribution >= 4 is 28.4 Å². The molecule has 0 spiro atoms.